The number of hydrogen-bond donors (Lipinski definition) is 12. The van der Waals surface area contributed by atoms with Gasteiger partial charge in [-0.15, -0.1) is 0 Å². The molecule has 0 radical (unpaired) electrons. The second kappa shape index (κ2) is 36.3. The highest BCUT2D eigenvalue weighted by atomic mass is 19.5. The van der Waals surface area contributed by atoms with Crippen molar-refractivity contribution in [3.05, 3.63) is 0 Å². The predicted octanol–water partition coefficient (Wildman–Crippen LogP) is 18.9. The van der Waals surface area contributed by atoms with Gasteiger partial charge < -0.3 is 89.7 Å². The van der Waals surface area contributed by atoms with Crippen LogP contribution in [-0.2, 0) is 28.4 Å². The van der Waals surface area contributed by atoms with Crippen LogP contribution in [-0.4, -0.2) is 274 Å². The lowest BCUT2D eigenvalue weighted by atomic mass is 9.66. The first kappa shape index (κ1) is 123. The van der Waals surface area contributed by atoms with Crippen LogP contribution in [0.25, 0.3) is 0 Å². The number of alkyl halides is 48. The molecule has 0 spiro atoms. The Morgan fingerprint density at radius 3 is 0.704 bits per heavy atom. The molecular formula is C69H84F48O18. The van der Waals surface area contributed by atoms with E-state index in [-0.39, 0.29) is 112 Å². The summed E-state index contributed by atoms with van der Waals surface area (Å²) in [6.45, 7) is 1.94. The van der Waals surface area contributed by atoms with Gasteiger partial charge in [-0.1, -0.05) is 71.6 Å². The lowest BCUT2D eigenvalue weighted by Gasteiger charge is -2.58. The maximum atomic E-state index is 14.4. The van der Waals surface area contributed by atoms with Gasteiger partial charge in [0.25, 0.3) is 0 Å². The fourth-order valence-corrected chi connectivity index (χ4v) is 16.9. The molecule has 0 bridgehead atoms. The Morgan fingerprint density at radius 1 is 0.230 bits per heavy atom. The summed E-state index contributed by atoms with van der Waals surface area (Å²) in [6.07, 6.45) is -88.6. The van der Waals surface area contributed by atoms with Gasteiger partial charge in [0.1, 0.15) is 34.6 Å². The molecule has 0 amide bonds. The smallest absolute Gasteiger partial charge is 0.386 e. The van der Waals surface area contributed by atoms with Crippen LogP contribution in [0.3, 0.4) is 0 Å². The predicted molar refractivity (Wildman–Crippen MR) is 343 cm³/mol. The minimum atomic E-state index is -6.26. The Bertz CT molecular complexity index is 3970. The highest BCUT2D eigenvalue weighted by Crippen LogP contribution is 2.69. The molecule has 18 nitrogen and oxygen atoms in total. The summed E-state index contributed by atoms with van der Waals surface area (Å²) in [5.41, 5.74) is -37.6. The van der Waals surface area contributed by atoms with Gasteiger partial charge in [-0.05, 0) is 104 Å². The maximum Gasteiger partial charge on any atom is 0.449 e. The third-order valence-corrected chi connectivity index (χ3v) is 25.1. The van der Waals surface area contributed by atoms with Crippen LogP contribution in [0.4, 0.5) is 211 Å². The van der Waals surface area contributed by atoms with Crippen molar-refractivity contribution in [2.45, 2.75) is 409 Å². The van der Waals surface area contributed by atoms with Crippen molar-refractivity contribution < 1.29 is 300 Å². The van der Waals surface area contributed by atoms with Crippen LogP contribution < -0.4 is 0 Å². The van der Waals surface area contributed by atoms with E-state index in [9.17, 15) is 252 Å². The highest BCUT2D eigenvalue weighted by Gasteiger charge is 2.91. The van der Waals surface area contributed by atoms with E-state index in [0.717, 1.165) is 13.8 Å². The second-order valence-electron chi connectivity index (χ2n) is 34.8. The van der Waals surface area contributed by atoms with E-state index in [1.807, 2.05) is 0 Å². The van der Waals surface area contributed by atoms with Crippen molar-refractivity contribution in [2.24, 2.45) is 17.8 Å². The summed E-state index contributed by atoms with van der Waals surface area (Å²) in [5.74, 6) is -69.7. The first-order chi connectivity index (χ1) is 58.8. The normalized spacial score (nSPS) is 40.6. The number of ether oxygens (including phenoxy) is 6. The molecule has 12 N–H and O–H groups in total. The summed E-state index contributed by atoms with van der Waals surface area (Å²) >= 11 is 0. The standard InChI is InChI=1S/C15H20F8O3.C14H18F8O3.C13H16F8O3.C10H12F8O3.C9H10F8O3.C8H8F8O3/c1-2-10(24)8-11(14(18,19)20,9-6-4-3-5-7-9)26-13(25,12(10,16)17)15(21,22)23;1-9(23)7-10(13(17,18)19,8-5-3-2-4-6-8)25-12(24,11(9,15)16)14(20,21)22;14-10(15)8(22)6-9(12(16,17)18,7-4-2-1-3-5-7)24-11(10,23)13(19,20)21;1-3-6(19)4-5(2,9(13,14)15)21-8(20,7(6,11)12)10(16,17)18;1-4(18)3-5(2,8(12,13)14)20-7(19,6(4,10)11)9(15,16)17;1-4(7(11,12)13)2-3(17)5(9,10)6(18,19-4)8(14,15)16/h9,24-25H,2-8H2,1H3;8,23-24H,2-7H2,1H3;7-8,22-23H,1-6H2;19-20H,3-4H2,1-2H3;18-19H,3H2,1-2H3;3,17-18H,2H2,1H3. The van der Waals surface area contributed by atoms with Crippen LogP contribution in [0.2, 0.25) is 0 Å². The van der Waals surface area contributed by atoms with Gasteiger partial charge in [0.15, 0.2) is 33.6 Å². The third kappa shape index (κ3) is 20.3. The molecular weight excluding hydrogens is 2030 g/mol. The molecule has 0 aromatic heterocycles. The van der Waals surface area contributed by atoms with Gasteiger partial charge in [0, 0.05) is 38.5 Å². The monoisotopic (exact) mass is 2110 g/mol. The van der Waals surface area contributed by atoms with Crippen molar-refractivity contribution >= 4 is 0 Å². The SMILES string of the molecule is CC1(C(F)(F)F)CC(O)C(F)(F)C(O)(C(F)(F)F)O1.CC1(O)CC(C)(C(F)(F)F)OC(O)(C(F)(F)F)C1(F)F.CC1(O)CC(C2CCCCC2)(C(F)(F)F)OC(O)(C(F)(F)F)C1(F)F.CCC1(O)CC(C)(C(F)(F)F)OC(O)(C(F)(F)F)C1(F)F.CCC1(O)CC(C2CCCCC2)(C(F)(F)F)OC(O)(C(F)(F)F)C1(F)F.OC1CC(C2CCCCC2)(C(F)(F)F)OC(O)(C(F)(F)F)C1(F)F. The van der Waals surface area contributed by atoms with Gasteiger partial charge in [0.05, 0.1) is 0 Å². The molecule has 0 aromatic rings. The Balaban J connectivity index is 0.000000340. The van der Waals surface area contributed by atoms with Crippen LogP contribution >= 0.6 is 0 Å². The summed E-state index contributed by atoms with van der Waals surface area (Å²) in [7, 11) is 0. The first-order valence-corrected chi connectivity index (χ1v) is 38.6. The van der Waals surface area contributed by atoms with Crippen molar-refractivity contribution in [1.82, 2.24) is 0 Å². The highest BCUT2D eigenvalue weighted by molar-refractivity contribution is 5.21. The largest absolute Gasteiger partial charge is 0.449 e. The number of aliphatic hydroxyl groups is 12. The van der Waals surface area contributed by atoms with Gasteiger partial charge in [-0.25, -0.2) is 0 Å². The molecule has 3 saturated carbocycles. The summed E-state index contributed by atoms with van der Waals surface area (Å²) in [4.78, 5) is 0. The molecule has 18 unspecified atom stereocenters. The minimum absolute atomic E-state index is 0.0299. The van der Waals surface area contributed by atoms with Gasteiger partial charge in [-0.2, -0.15) is 211 Å². The van der Waals surface area contributed by atoms with E-state index in [0.29, 0.717) is 19.3 Å². The van der Waals surface area contributed by atoms with Gasteiger partial charge in [0.2, 0.25) is 0 Å². The molecule has 66 heteroatoms. The molecule has 135 heavy (non-hydrogen) atoms. The zero-order valence-corrected chi connectivity index (χ0v) is 69.1. The van der Waals surface area contributed by atoms with Gasteiger partial charge >= 0.3 is 144 Å². The van der Waals surface area contributed by atoms with E-state index in [2.05, 4.69) is 28.4 Å². The molecule has 9 aliphatic rings. The topological polar surface area (TPSA) is 298 Å². The number of aliphatic hydroxyl groups excluding tert-OH is 2. The molecule has 6 heterocycles. The molecule has 9 fully saturated rings. The van der Waals surface area contributed by atoms with Crippen LogP contribution in [0.5, 0.6) is 0 Å². The quantitative estimate of drug-likeness (QED) is 0.114. The fraction of sp³-hybridized carbons (Fsp3) is 1.00. The molecule has 0 aromatic carbocycles. The lowest BCUT2D eigenvalue weighted by Crippen LogP contribution is -2.80. The zero-order valence-electron chi connectivity index (χ0n) is 69.1. The fourth-order valence-electron chi connectivity index (χ4n) is 16.9. The van der Waals surface area contributed by atoms with E-state index in [1.54, 1.807) is 0 Å². The lowest BCUT2D eigenvalue weighted by molar-refractivity contribution is -0.525. The average Bonchev–Trinajstić information content (AvgIpc) is 0.678. The number of rotatable bonds is 5. The number of halogens is 48. The summed E-state index contributed by atoms with van der Waals surface area (Å²) in [6, 6.07) is 0. The maximum absolute atomic E-state index is 14.4. The van der Waals surface area contributed by atoms with Gasteiger partial charge in [-0.3, -0.25) is 0 Å². The molecule has 804 valence electrons. The van der Waals surface area contributed by atoms with Crippen LogP contribution in [0.1, 0.15) is 196 Å². The Kier molecular flexibility index (Phi) is 33.1. The van der Waals surface area contributed by atoms with Crippen LogP contribution in [0, 0.1) is 17.8 Å². The van der Waals surface area contributed by atoms with Crippen molar-refractivity contribution in [3.8, 4) is 0 Å². The molecule has 3 aliphatic carbocycles. The molecule has 6 aliphatic heterocycles. The Hall–Kier alpha value is -4.08. The first-order valence-electron chi connectivity index (χ1n) is 38.6. The van der Waals surface area contributed by atoms with Crippen molar-refractivity contribution in [1.29, 1.82) is 0 Å². The van der Waals surface area contributed by atoms with E-state index in [1.165, 1.54) is 0 Å². The summed E-state index contributed by atoms with van der Waals surface area (Å²) < 4.78 is 656. The van der Waals surface area contributed by atoms with E-state index in [4.69, 9.17) is 20.4 Å². The van der Waals surface area contributed by atoms with E-state index < -0.39 is 282 Å². The summed E-state index contributed by atoms with van der Waals surface area (Å²) in [5, 5.41) is 113. The molecule has 18 atom stereocenters. The Labute approximate surface area is 726 Å². The average molecular weight is 2110 g/mol. The molecule has 6 saturated heterocycles. The van der Waals surface area contributed by atoms with Crippen molar-refractivity contribution in [3.63, 3.8) is 0 Å². The van der Waals surface area contributed by atoms with Crippen LogP contribution in [0.15, 0.2) is 0 Å². The number of hydrogen-bond acceptors (Lipinski definition) is 18. The minimum Gasteiger partial charge on any atom is -0.386 e. The second-order valence-corrected chi connectivity index (χ2v) is 34.8. The van der Waals surface area contributed by atoms with Crippen molar-refractivity contribution in [2.75, 3.05) is 0 Å². The third-order valence-electron chi connectivity index (χ3n) is 25.1. The Morgan fingerprint density at radius 2 is 0.437 bits per heavy atom. The molecule has 9 rings (SSSR count). The zero-order chi connectivity index (χ0) is 107. The van der Waals surface area contributed by atoms with E-state index >= 15 is 0 Å².